The molecule has 1 aliphatic carbocycles. The van der Waals surface area contributed by atoms with E-state index in [9.17, 15) is 4.79 Å². The van der Waals surface area contributed by atoms with Gasteiger partial charge in [-0.15, -0.1) is 0 Å². The van der Waals surface area contributed by atoms with E-state index in [0.717, 1.165) is 19.3 Å². The van der Waals surface area contributed by atoms with Crippen molar-refractivity contribution in [3.05, 3.63) is 0 Å². The van der Waals surface area contributed by atoms with E-state index in [2.05, 4.69) is 0 Å². The zero-order valence-corrected chi connectivity index (χ0v) is 9.04. The summed E-state index contributed by atoms with van der Waals surface area (Å²) in [5, 5.41) is 0. The lowest BCUT2D eigenvalue weighted by molar-refractivity contribution is -0.153. The third-order valence-electron chi connectivity index (χ3n) is 3.55. The van der Waals surface area contributed by atoms with E-state index in [0.29, 0.717) is 26.2 Å². The van der Waals surface area contributed by atoms with Crippen LogP contribution in [-0.2, 0) is 14.3 Å². The maximum absolute atomic E-state index is 11.6. The Labute approximate surface area is 90.1 Å². The van der Waals surface area contributed by atoms with Crippen molar-refractivity contribution < 1.29 is 14.3 Å². The van der Waals surface area contributed by atoms with Gasteiger partial charge in [0.2, 0.25) is 0 Å². The lowest BCUT2D eigenvalue weighted by atomic mass is 9.67. The normalized spacial score (nSPS) is 28.5. The van der Waals surface area contributed by atoms with Crippen molar-refractivity contribution in [1.82, 2.24) is 0 Å². The molecule has 1 heterocycles. The van der Waals surface area contributed by atoms with Gasteiger partial charge < -0.3 is 15.2 Å². The Morgan fingerprint density at radius 2 is 2.33 bits per heavy atom. The molecule has 2 N–H and O–H groups in total. The molecule has 0 radical (unpaired) electrons. The van der Waals surface area contributed by atoms with Crippen molar-refractivity contribution >= 4 is 5.97 Å². The molecule has 1 saturated carbocycles. The number of nitrogens with two attached hydrogens (primary N) is 1. The predicted octanol–water partition coefficient (Wildman–Crippen LogP) is 0.838. The highest BCUT2D eigenvalue weighted by Crippen LogP contribution is 2.43. The maximum Gasteiger partial charge on any atom is 0.306 e. The van der Waals surface area contributed by atoms with Crippen LogP contribution in [0.4, 0.5) is 0 Å². The minimum Gasteiger partial charge on any atom is -0.460 e. The molecule has 1 saturated heterocycles. The van der Waals surface area contributed by atoms with Crippen molar-refractivity contribution in [2.45, 2.75) is 38.2 Å². The van der Waals surface area contributed by atoms with Crippen LogP contribution in [-0.4, -0.2) is 31.8 Å². The Hall–Kier alpha value is -0.610. The summed E-state index contributed by atoms with van der Waals surface area (Å²) in [5.41, 5.74) is 5.74. The highest BCUT2D eigenvalue weighted by molar-refractivity contribution is 5.70. The van der Waals surface area contributed by atoms with Gasteiger partial charge in [-0.2, -0.15) is 0 Å². The molecule has 2 aliphatic rings. The number of carbonyl (C=O) groups is 1. The van der Waals surface area contributed by atoms with Gasteiger partial charge in [0.1, 0.15) is 6.10 Å². The average molecular weight is 213 g/mol. The molecule has 4 heteroatoms. The average Bonchev–Trinajstić information content (AvgIpc) is 2.64. The van der Waals surface area contributed by atoms with Gasteiger partial charge in [0.25, 0.3) is 0 Å². The van der Waals surface area contributed by atoms with Gasteiger partial charge in [-0.05, 0) is 24.8 Å². The van der Waals surface area contributed by atoms with Crippen molar-refractivity contribution in [2.24, 2.45) is 11.1 Å². The first kappa shape index (κ1) is 10.9. The molecule has 1 aliphatic heterocycles. The van der Waals surface area contributed by atoms with Gasteiger partial charge >= 0.3 is 5.97 Å². The summed E-state index contributed by atoms with van der Waals surface area (Å²) in [7, 11) is 0. The fourth-order valence-electron chi connectivity index (χ4n) is 2.27. The first-order valence-electron chi connectivity index (χ1n) is 5.71. The predicted molar refractivity (Wildman–Crippen MR) is 55.3 cm³/mol. The summed E-state index contributed by atoms with van der Waals surface area (Å²) in [6, 6.07) is 0. The SMILES string of the molecule is NCC1(CC(=O)OC2CCOC2)CCC1. The fourth-order valence-corrected chi connectivity index (χ4v) is 2.27. The van der Waals surface area contributed by atoms with Gasteiger partial charge in [-0.25, -0.2) is 0 Å². The molecule has 15 heavy (non-hydrogen) atoms. The number of esters is 1. The molecule has 2 rings (SSSR count). The summed E-state index contributed by atoms with van der Waals surface area (Å²) in [5.74, 6) is -0.101. The topological polar surface area (TPSA) is 61.6 Å². The van der Waals surface area contributed by atoms with E-state index >= 15 is 0 Å². The summed E-state index contributed by atoms with van der Waals surface area (Å²) in [6.07, 6.45) is 4.63. The second-order valence-corrected chi connectivity index (χ2v) is 4.71. The van der Waals surface area contributed by atoms with Gasteiger partial charge in [0.05, 0.1) is 19.6 Å². The third kappa shape index (κ3) is 2.49. The van der Waals surface area contributed by atoms with Gasteiger partial charge in [0.15, 0.2) is 0 Å². The van der Waals surface area contributed by atoms with E-state index in [1.807, 2.05) is 0 Å². The maximum atomic E-state index is 11.6. The summed E-state index contributed by atoms with van der Waals surface area (Å²) in [6.45, 7) is 1.87. The van der Waals surface area contributed by atoms with Crippen LogP contribution < -0.4 is 5.73 Å². The summed E-state index contributed by atoms with van der Waals surface area (Å²) < 4.78 is 10.5. The van der Waals surface area contributed by atoms with Crippen LogP contribution in [0.15, 0.2) is 0 Å². The molecule has 4 nitrogen and oxygen atoms in total. The molecule has 1 unspecified atom stereocenters. The summed E-state index contributed by atoms with van der Waals surface area (Å²) in [4.78, 5) is 11.6. The van der Waals surface area contributed by atoms with Crippen LogP contribution in [0.25, 0.3) is 0 Å². The minimum absolute atomic E-state index is 0.0209. The Morgan fingerprint density at radius 3 is 2.80 bits per heavy atom. The Balaban J connectivity index is 1.76. The smallest absolute Gasteiger partial charge is 0.306 e. The van der Waals surface area contributed by atoms with Gasteiger partial charge in [0, 0.05) is 6.42 Å². The highest BCUT2D eigenvalue weighted by Gasteiger charge is 2.38. The quantitative estimate of drug-likeness (QED) is 0.703. The first-order chi connectivity index (χ1) is 7.24. The molecule has 1 atom stereocenters. The zero-order valence-electron chi connectivity index (χ0n) is 9.04. The van der Waals surface area contributed by atoms with Gasteiger partial charge in [-0.1, -0.05) is 6.42 Å². The van der Waals surface area contributed by atoms with Crippen molar-refractivity contribution in [3.63, 3.8) is 0 Å². The van der Waals surface area contributed by atoms with E-state index in [-0.39, 0.29) is 17.5 Å². The largest absolute Gasteiger partial charge is 0.460 e. The third-order valence-corrected chi connectivity index (χ3v) is 3.55. The Bertz CT molecular complexity index is 226. The monoisotopic (exact) mass is 213 g/mol. The number of hydrogen-bond donors (Lipinski definition) is 1. The lowest BCUT2D eigenvalue weighted by Crippen LogP contribution is -2.40. The molecule has 0 amide bonds. The van der Waals surface area contributed by atoms with Crippen LogP contribution in [0.2, 0.25) is 0 Å². The lowest BCUT2D eigenvalue weighted by Gasteiger charge is -2.40. The molecule has 0 spiro atoms. The van der Waals surface area contributed by atoms with Crippen molar-refractivity contribution in [1.29, 1.82) is 0 Å². The van der Waals surface area contributed by atoms with E-state index in [1.54, 1.807) is 0 Å². The van der Waals surface area contributed by atoms with Gasteiger partial charge in [-0.3, -0.25) is 4.79 Å². The van der Waals surface area contributed by atoms with E-state index in [1.165, 1.54) is 6.42 Å². The second kappa shape index (κ2) is 4.49. The molecule has 86 valence electrons. The molecule has 0 aromatic heterocycles. The van der Waals surface area contributed by atoms with Crippen LogP contribution in [0.5, 0.6) is 0 Å². The molecule has 0 aromatic rings. The molecule has 0 aromatic carbocycles. The molecular formula is C11H19NO3. The fraction of sp³-hybridized carbons (Fsp3) is 0.909. The Morgan fingerprint density at radius 1 is 1.53 bits per heavy atom. The minimum atomic E-state index is -0.101. The number of hydrogen-bond acceptors (Lipinski definition) is 4. The molecular weight excluding hydrogens is 194 g/mol. The first-order valence-corrected chi connectivity index (χ1v) is 5.71. The number of carbonyl (C=O) groups excluding carboxylic acids is 1. The van der Waals surface area contributed by atoms with E-state index < -0.39 is 0 Å². The van der Waals surface area contributed by atoms with E-state index in [4.69, 9.17) is 15.2 Å². The van der Waals surface area contributed by atoms with Crippen LogP contribution in [0, 0.1) is 5.41 Å². The summed E-state index contributed by atoms with van der Waals surface area (Å²) >= 11 is 0. The second-order valence-electron chi connectivity index (χ2n) is 4.71. The van der Waals surface area contributed by atoms with Crippen molar-refractivity contribution in [3.8, 4) is 0 Å². The molecule has 0 bridgehead atoms. The van der Waals surface area contributed by atoms with Crippen LogP contribution in [0.1, 0.15) is 32.1 Å². The highest BCUT2D eigenvalue weighted by atomic mass is 16.6. The number of rotatable bonds is 4. The van der Waals surface area contributed by atoms with Crippen LogP contribution in [0.3, 0.4) is 0 Å². The van der Waals surface area contributed by atoms with Crippen molar-refractivity contribution in [2.75, 3.05) is 19.8 Å². The molecule has 2 fully saturated rings. The zero-order chi connectivity index (χ0) is 10.7. The van der Waals surface area contributed by atoms with Crippen LogP contribution >= 0.6 is 0 Å². The number of ether oxygens (including phenoxy) is 2. The standard InChI is InChI=1S/C11H19NO3/c12-8-11(3-1-4-11)6-10(13)15-9-2-5-14-7-9/h9H,1-8,12H2. The Kier molecular flexibility index (Phi) is 3.26.